The summed E-state index contributed by atoms with van der Waals surface area (Å²) in [6, 6.07) is 6.50. The lowest BCUT2D eigenvalue weighted by molar-refractivity contribution is -0.0229. The Morgan fingerprint density at radius 2 is 2.00 bits per heavy atom. The highest BCUT2D eigenvalue weighted by Crippen LogP contribution is 2.23. The second kappa shape index (κ2) is 3.91. The van der Waals surface area contributed by atoms with Gasteiger partial charge >= 0.3 is 0 Å². The van der Waals surface area contributed by atoms with Gasteiger partial charge in [-0.05, 0) is 31.5 Å². The highest BCUT2D eigenvalue weighted by Gasteiger charge is 2.27. The van der Waals surface area contributed by atoms with Crippen molar-refractivity contribution in [2.75, 3.05) is 13.2 Å². The maximum Gasteiger partial charge on any atom is 0.123 e. The van der Waals surface area contributed by atoms with Crippen molar-refractivity contribution in [2.45, 2.75) is 25.5 Å². The van der Waals surface area contributed by atoms with Gasteiger partial charge in [0, 0.05) is 12.1 Å². The molecule has 82 valence electrons. The van der Waals surface area contributed by atoms with Gasteiger partial charge in [-0.3, -0.25) is 0 Å². The number of hydrogen-bond donors (Lipinski definition) is 1. The molecule has 0 amide bonds. The smallest absolute Gasteiger partial charge is 0.123 e. The predicted molar refractivity (Wildman–Crippen MR) is 57.2 cm³/mol. The minimum Gasteiger partial charge on any atom is -0.370 e. The molecule has 1 N–H and O–H groups in total. The molecular weight excluding hydrogens is 193 g/mol. The summed E-state index contributed by atoms with van der Waals surface area (Å²) >= 11 is 0. The maximum atomic E-state index is 12.7. The molecule has 1 atom stereocenters. The number of halogens is 1. The summed E-state index contributed by atoms with van der Waals surface area (Å²) in [5.74, 6) is -0.206. The van der Waals surface area contributed by atoms with Gasteiger partial charge in [-0.15, -0.1) is 0 Å². The number of hydrogen-bond acceptors (Lipinski definition) is 2. The molecular formula is C12H16FNO. The van der Waals surface area contributed by atoms with Crippen LogP contribution in [0.25, 0.3) is 0 Å². The van der Waals surface area contributed by atoms with E-state index in [0.29, 0.717) is 6.61 Å². The summed E-state index contributed by atoms with van der Waals surface area (Å²) in [6.45, 7) is 5.66. The average Bonchev–Trinajstić information content (AvgIpc) is 2.20. The van der Waals surface area contributed by atoms with Crippen molar-refractivity contribution in [3.63, 3.8) is 0 Å². The Bertz CT molecular complexity index is 324. The molecule has 0 aromatic heterocycles. The molecule has 0 bridgehead atoms. The van der Waals surface area contributed by atoms with Crippen LogP contribution in [-0.2, 0) is 4.74 Å². The second-order valence-electron chi connectivity index (χ2n) is 4.62. The van der Waals surface area contributed by atoms with Gasteiger partial charge in [0.25, 0.3) is 0 Å². The molecule has 1 heterocycles. The van der Waals surface area contributed by atoms with Crippen LogP contribution in [0.3, 0.4) is 0 Å². The molecule has 0 spiro atoms. The van der Waals surface area contributed by atoms with Crippen LogP contribution < -0.4 is 5.32 Å². The molecule has 1 aliphatic rings. The van der Waals surface area contributed by atoms with E-state index < -0.39 is 0 Å². The molecule has 1 aromatic rings. The third kappa shape index (κ3) is 2.55. The minimum atomic E-state index is -0.206. The molecule has 2 rings (SSSR count). The van der Waals surface area contributed by atoms with Crippen LogP contribution in [0.2, 0.25) is 0 Å². The van der Waals surface area contributed by atoms with Crippen LogP contribution in [0.4, 0.5) is 4.39 Å². The summed E-state index contributed by atoms with van der Waals surface area (Å²) in [6.07, 6.45) is 0.0404. The number of ether oxygens (including phenoxy) is 1. The maximum absolute atomic E-state index is 12.7. The van der Waals surface area contributed by atoms with Crippen molar-refractivity contribution in [3.05, 3.63) is 35.6 Å². The molecule has 1 aliphatic heterocycles. The van der Waals surface area contributed by atoms with Gasteiger partial charge in [0.2, 0.25) is 0 Å². The Morgan fingerprint density at radius 3 is 2.53 bits per heavy atom. The van der Waals surface area contributed by atoms with Gasteiger partial charge in [-0.25, -0.2) is 4.39 Å². The van der Waals surface area contributed by atoms with E-state index in [1.54, 1.807) is 12.1 Å². The summed E-state index contributed by atoms with van der Waals surface area (Å²) in [5.41, 5.74) is 1.07. The topological polar surface area (TPSA) is 21.3 Å². The molecule has 3 heteroatoms. The first-order valence-corrected chi connectivity index (χ1v) is 5.19. The van der Waals surface area contributed by atoms with Gasteiger partial charge < -0.3 is 10.1 Å². The Morgan fingerprint density at radius 1 is 1.33 bits per heavy atom. The van der Waals surface area contributed by atoms with E-state index in [-0.39, 0.29) is 17.5 Å². The monoisotopic (exact) mass is 209 g/mol. The average molecular weight is 209 g/mol. The zero-order chi connectivity index (χ0) is 10.9. The SMILES string of the molecule is CC1(C)COC(c2ccc(F)cc2)CN1. The van der Waals surface area contributed by atoms with Gasteiger partial charge in [-0.2, -0.15) is 0 Å². The number of morpholine rings is 1. The van der Waals surface area contributed by atoms with Crippen LogP contribution in [0, 0.1) is 5.82 Å². The fourth-order valence-corrected chi connectivity index (χ4v) is 1.68. The third-order valence-corrected chi connectivity index (χ3v) is 2.65. The lowest BCUT2D eigenvalue weighted by Crippen LogP contribution is -2.50. The first-order valence-electron chi connectivity index (χ1n) is 5.19. The normalized spacial score (nSPS) is 25.1. The van der Waals surface area contributed by atoms with E-state index in [2.05, 4.69) is 19.2 Å². The van der Waals surface area contributed by atoms with E-state index in [1.165, 1.54) is 12.1 Å². The van der Waals surface area contributed by atoms with Crippen LogP contribution in [0.1, 0.15) is 25.5 Å². The third-order valence-electron chi connectivity index (χ3n) is 2.65. The first kappa shape index (κ1) is 10.6. The zero-order valence-electron chi connectivity index (χ0n) is 9.09. The van der Waals surface area contributed by atoms with E-state index in [4.69, 9.17) is 4.74 Å². The van der Waals surface area contributed by atoms with Crippen molar-refractivity contribution in [1.29, 1.82) is 0 Å². The van der Waals surface area contributed by atoms with Crippen LogP contribution in [-0.4, -0.2) is 18.7 Å². The largest absolute Gasteiger partial charge is 0.370 e. The lowest BCUT2D eigenvalue weighted by Gasteiger charge is -2.36. The van der Waals surface area contributed by atoms with Crippen molar-refractivity contribution in [2.24, 2.45) is 0 Å². The van der Waals surface area contributed by atoms with E-state index in [1.807, 2.05) is 0 Å². The Balaban J connectivity index is 2.04. The van der Waals surface area contributed by atoms with Gasteiger partial charge in [0.15, 0.2) is 0 Å². The van der Waals surface area contributed by atoms with Gasteiger partial charge in [0.05, 0.1) is 12.7 Å². The minimum absolute atomic E-state index is 0.0382. The molecule has 2 nitrogen and oxygen atoms in total. The van der Waals surface area contributed by atoms with Crippen molar-refractivity contribution < 1.29 is 9.13 Å². The Hall–Kier alpha value is -0.930. The molecule has 0 saturated carbocycles. The van der Waals surface area contributed by atoms with Crippen molar-refractivity contribution in [3.8, 4) is 0 Å². The predicted octanol–water partition coefficient (Wildman–Crippen LogP) is 2.27. The number of nitrogens with one attached hydrogen (secondary N) is 1. The number of benzene rings is 1. The molecule has 15 heavy (non-hydrogen) atoms. The standard InChI is InChI=1S/C12H16FNO/c1-12(2)8-15-11(7-14-12)9-3-5-10(13)6-4-9/h3-6,11,14H,7-8H2,1-2H3. The van der Waals surface area contributed by atoms with E-state index in [0.717, 1.165) is 12.1 Å². The van der Waals surface area contributed by atoms with Crippen LogP contribution >= 0.6 is 0 Å². The quantitative estimate of drug-likeness (QED) is 0.766. The fraction of sp³-hybridized carbons (Fsp3) is 0.500. The Labute approximate surface area is 89.4 Å². The first-order chi connectivity index (χ1) is 7.07. The lowest BCUT2D eigenvalue weighted by atomic mass is 10.0. The van der Waals surface area contributed by atoms with E-state index in [9.17, 15) is 4.39 Å². The zero-order valence-corrected chi connectivity index (χ0v) is 9.09. The van der Waals surface area contributed by atoms with E-state index >= 15 is 0 Å². The highest BCUT2D eigenvalue weighted by molar-refractivity contribution is 5.19. The summed E-state index contributed by atoms with van der Waals surface area (Å²) < 4.78 is 18.5. The second-order valence-corrected chi connectivity index (χ2v) is 4.62. The summed E-state index contributed by atoms with van der Waals surface area (Å²) in [7, 11) is 0. The van der Waals surface area contributed by atoms with Crippen molar-refractivity contribution >= 4 is 0 Å². The van der Waals surface area contributed by atoms with Gasteiger partial charge in [-0.1, -0.05) is 12.1 Å². The molecule has 1 fully saturated rings. The molecule has 1 unspecified atom stereocenters. The summed E-state index contributed by atoms with van der Waals surface area (Å²) in [4.78, 5) is 0. The molecule has 1 saturated heterocycles. The Kier molecular flexibility index (Phi) is 2.76. The summed E-state index contributed by atoms with van der Waals surface area (Å²) in [5, 5.41) is 3.40. The van der Waals surface area contributed by atoms with Crippen LogP contribution in [0.15, 0.2) is 24.3 Å². The molecule has 0 aliphatic carbocycles. The fourth-order valence-electron chi connectivity index (χ4n) is 1.68. The molecule has 1 aromatic carbocycles. The van der Waals surface area contributed by atoms with Crippen LogP contribution in [0.5, 0.6) is 0 Å². The molecule has 0 radical (unpaired) electrons. The van der Waals surface area contributed by atoms with Gasteiger partial charge in [0.1, 0.15) is 5.82 Å². The number of rotatable bonds is 1. The van der Waals surface area contributed by atoms with Crippen molar-refractivity contribution in [1.82, 2.24) is 5.32 Å². The highest BCUT2D eigenvalue weighted by atomic mass is 19.1.